The lowest BCUT2D eigenvalue weighted by molar-refractivity contribution is -0.123. The van der Waals surface area contributed by atoms with E-state index >= 15 is 0 Å². The zero-order valence-electron chi connectivity index (χ0n) is 21.6. The average Bonchev–Trinajstić information content (AvgIpc) is 3.33. The maximum Gasteiger partial charge on any atom is 0.273 e. The number of nitrogens with one attached hydrogen (secondary N) is 1. The Kier molecular flexibility index (Phi) is 7.56. The molecule has 1 aliphatic rings. The van der Waals surface area contributed by atoms with Crippen molar-refractivity contribution in [3.8, 4) is 0 Å². The number of aryl methyl sites for hydroxylation is 1. The summed E-state index contributed by atoms with van der Waals surface area (Å²) < 4.78 is 4.02. The molecule has 0 unspecified atom stereocenters. The highest BCUT2D eigenvalue weighted by Crippen LogP contribution is 2.34. The van der Waals surface area contributed by atoms with Gasteiger partial charge in [-0.3, -0.25) is 24.3 Å². The predicted molar refractivity (Wildman–Crippen MR) is 153 cm³/mol. The van der Waals surface area contributed by atoms with Gasteiger partial charge in [0.2, 0.25) is 5.91 Å². The number of hydrogen-bond donors (Lipinski definition) is 3. The standard InChI is InChI=1S/C29H30N6O3S/c1-17-9-12-21(13-10-17)35(29(38)26-23(30)24(27(31)36)34-39-26)25(28(37)33-20-7-3-2-4-8-20)19-11-14-22-18(16-19)6-5-15-32-22/h5-6,9-16,20,25H,2-4,7-8,30H2,1H3,(H2,31,36)(H,33,37)/t25-/m1/s1. The Morgan fingerprint density at radius 1 is 1.05 bits per heavy atom. The van der Waals surface area contributed by atoms with Crippen molar-refractivity contribution in [2.45, 2.75) is 51.1 Å². The maximum absolute atomic E-state index is 14.2. The minimum absolute atomic E-state index is 0.0285. The first-order valence-corrected chi connectivity index (χ1v) is 13.7. The van der Waals surface area contributed by atoms with Crippen LogP contribution in [0.4, 0.5) is 11.4 Å². The molecule has 1 aliphatic carbocycles. The van der Waals surface area contributed by atoms with E-state index in [1.54, 1.807) is 18.3 Å². The summed E-state index contributed by atoms with van der Waals surface area (Å²) in [5.74, 6) is -1.66. The first kappa shape index (κ1) is 26.3. The van der Waals surface area contributed by atoms with E-state index in [1.165, 1.54) is 4.90 Å². The number of carbonyl (C=O) groups excluding carboxylic acids is 3. The smallest absolute Gasteiger partial charge is 0.273 e. The fourth-order valence-corrected chi connectivity index (χ4v) is 5.78. The lowest BCUT2D eigenvalue weighted by Crippen LogP contribution is -2.47. The van der Waals surface area contributed by atoms with Crippen molar-refractivity contribution in [3.05, 3.63) is 82.5 Å². The van der Waals surface area contributed by atoms with Gasteiger partial charge in [0.25, 0.3) is 11.8 Å². The van der Waals surface area contributed by atoms with Crippen molar-refractivity contribution in [2.24, 2.45) is 5.73 Å². The van der Waals surface area contributed by atoms with Crippen molar-refractivity contribution in [2.75, 3.05) is 10.6 Å². The molecule has 4 aromatic rings. The Labute approximate surface area is 230 Å². The van der Waals surface area contributed by atoms with E-state index < -0.39 is 17.9 Å². The molecule has 5 rings (SSSR count). The maximum atomic E-state index is 14.2. The molecule has 5 N–H and O–H groups in total. The molecule has 3 amide bonds. The molecule has 2 aromatic carbocycles. The third kappa shape index (κ3) is 5.46. The molecule has 0 radical (unpaired) electrons. The number of primary amides is 1. The summed E-state index contributed by atoms with van der Waals surface area (Å²) in [6, 6.07) is 15.6. The molecule has 0 saturated heterocycles. The number of rotatable bonds is 7. The Balaban J connectivity index is 1.66. The molecule has 10 heteroatoms. The molecule has 9 nitrogen and oxygen atoms in total. The fraction of sp³-hybridized carbons (Fsp3) is 0.276. The Bertz CT molecular complexity index is 1530. The minimum Gasteiger partial charge on any atom is -0.395 e. The van der Waals surface area contributed by atoms with Gasteiger partial charge in [-0.15, -0.1) is 0 Å². The Morgan fingerprint density at radius 2 is 1.79 bits per heavy atom. The van der Waals surface area contributed by atoms with Crippen molar-refractivity contribution >= 4 is 51.5 Å². The number of aromatic nitrogens is 2. The van der Waals surface area contributed by atoms with Gasteiger partial charge in [-0.25, -0.2) is 0 Å². The SMILES string of the molecule is Cc1ccc(N(C(=O)c2snc(C(N)=O)c2N)[C@@H](C(=O)NC2CCCCC2)c2ccc3ncccc3c2)cc1. The molecule has 0 spiro atoms. The number of nitrogens with zero attached hydrogens (tertiary/aromatic N) is 3. The number of carbonyl (C=O) groups is 3. The van der Waals surface area contributed by atoms with Gasteiger partial charge >= 0.3 is 0 Å². The van der Waals surface area contributed by atoms with Crippen LogP contribution in [0, 0.1) is 6.92 Å². The number of nitrogens with two attached hydrogens (primary N) is 2. The highest BCUT2D eigenvalue weighted by Gasteiger charge is 2.37. The van der Waals surface area contributed by atoms with Crippen LogP contribution in [0.25, 0.3) is 10.9 Å². The molecule has 2 heterocycles. The topological polar surface area (TPSA) is 144 Å². The zero-order chi connectivity index (χ0) is 27.5. The molecule has 1 fully saturated rings. The summed E-state index contributed by atoms with van der Waals surface area (Å²) in [6.07, 6.45) is 6.73. The summed E-state index contributed by atoms with van der Waals surface area (Å²) in [5.41, 5.74) is 14.2. The van der Waals surface area contributed by atoms with E-state index in [0.29, 0.717) is 11.3 Å². The molecular formula is C29H30N6O3S. The van der Waals surface area contributed by atoms with Crippen molar-refractivity contribution < 1.29 is 14.4 Å². The summed E-state index contributed by atoms with van der Waals surface area (Å²) in [6.45, 7) is 1.94. The molecule has 1 saturated carbocycles. The molecule has 200 valence electrons. The molecule has 39 heavy (non-hydrogen) atoms. The van der Waals surface area contributed by atoms with Gasteiger partial charge in [0.15, 0.2) is 5.69 Å². The van der Waals surface area contributed by atoms with Crippen molar-refractivity contribution in [1.29, 1.82) is 0 Å². The second kappa shape index (κ2) is 11.2. The van der Waals surface area contributed by atoms with E-state index in [-0.39, 0.29) is 28.2 Å². The molecule has 0 aliphatic heterocycles. The predicted octanol–water partition coefficient (Wildman–Crippen LogP) is 4.52. The van der Waals surface area contributed by atoms with E-state index in [4.69, 9.17) is 11.5 Å². The largest absolute Gasteiger partial charge is 0.395 e. The lowest BCUT2D eigenvalue weighted by Gasteiger charge is -2.33. The summed E-state index contributed by atoms with van der Waals surface area (Å²) >= 11 is 0.793. The van der Waals surface area contributed by atoms with Crippen LogP contribution in [0.2, 0.25) is 0 Å². The summed E-state index contributed by atoms with van der Waals surface area (Å²) in [5, 5.41) is 4.05. The van der Waals surface area contributed by atoms with E-state index in [9.17, 15) is 14.4 Å². The van der Waals surface area contributed by atoms with Gasteiger partial charge in [0.1, 0.15) is 10.9 Å². The molecule has 1 atom stereocenters. The normalized spacial score (nSPS) is 14.6. The van der Waals surface area contributed by atoms with E-state index in [1.807, 2.05) is 49.4 Å². The van der Waals surface area contributed by atoms with Crippen molar-refractivity contribution in [1.82, 2.24) is 14.7 Å². The first-order valence-electron chi connectivity index (χ1n) is 12.9. The van der Waals surface area contributed by atoms with Crippen LogP contribution >= 0.6 is 11.5 Å². The highest BCUT2D eigenvalue weighted by atomic mass is 32.1. The van der Waals surface area contributed by atoms with Crippen LogP contribution in [-0.4, -0.2) is 33.1 Å². The number of nitrogen functional groups attached to an aromatic ring is 1. The van der Waals surface area contributed by atoms with Crippen LogP contribution in [0.5, 0.6) is 0 Å². The lowest BCUT2D eigenvalue weighted by atomic mass is 9.94. The van der Waals surface area contributed by atoms with Gasteiger partial charge in [0.05, 0.1) is 11.2 Å². The summed E-state index contributed by atoms with van der Waals surface area (Å²) in [4.78, 5) is 46.1. The monoisotopic (exact) mass is 542 g/mol. The van der Waals surface area contributed by atoms with E-state index in [2.05, 4.69) is 14.7 Å². The zero-order valence-corrected chi connectivity index (χ0v) is 22.4. The van der Waals surface area contributed by atoms with Gasteiger partial charge in [-0.2, -0.15) is 4.37 Å². The fourth-order valence-electron chi connectivity index (χ4n) is 5.04. The second-order valence-corrected chi connectivity index (χ2v) is 10.6. The minimum atomic E-state index is -1.02. The number of hydrogen-bond acceptors (Lipinski definition) is 7. The quantitative estimate of drug-likeness (QED) is 0.313. The molecule has 2 aromatic heterocycles. The number of benzene rings is 2. The second-order valence-electron chi connectivity index (χ2n) is 9.85. The van der Waals surface area contributed by atoms with Gasteiger partial charge < -0.3 is 16.8 Å². The van der Waals surface area contributed by atoms with E-state index in [0.717, 1.165) is 60.1 Å². The van der Waals surface area contributed by atoms with Crippen molar-refractivity contribution in [3.63, 3.8) is 0 Å². The summed E-state index contributed by atoms with van der Waals surface area (Å²) in [7, 11) is 0. The third-order valence-corrected chi connectivity index (χ3v) is 7.94. The van der Waals surface area contributed by atoms with Gasteiger partial charge in [-0.1, -0.05) is 49.1 Å². The molecular weight excluding hydrogens is 512 g/mol. The highest BCUT2D eigenvalue weighted by molar-refractivity contribution is 7.09. The van der Waals surface area contributed by atoms with Crippen LogP contribution in [0.3, 0.4) is 0 Å². The Hall–Kier alpha value is -4.31. The van der Waals surface area contributed by atoms with Gasteiger partial charge in [-0.05, 0) is 67.2 Å². The van der Waals surface area contributed by atoms with Crippen LogP contribution in [-0.2, 0) is 4.79 Å². The van der Waals surface area contributed by atoms with Gasteiger partial charge in [0, 0.05) is 23.3 Å². The van der Waals surface area contributed by atoms with Crippen LogP contribution < -0.4 is 21.7 Å². The van der Waals surface area contributed by atoms with Crippen LogP contribution in [0.1, 0.15) is 69.4 Å². The average molecular weight is 543 g/mol. The first-order chi connectivity index (χ1) is 18.8. The number of fused-ring (bicyclic) bond motifs is 1. The number of amides is 3. The van der Waals surface area contributed by atoms with Crippen LogP contribution in [0.15, 0.2) is 60.8 Å². The Morgan fingerprint density at radius 3 is 2.49 bits per heavy atom. The molecule has 0 bridgehead atoms. The number of pyridine rings is 1. The number of anilines is 2. The third-order valence-electron chi connectivity index (χ3n) is 7.09.